The van der Waals surface area contributed by atoms with Gasteiger partial charge in [-0.2, -0.15) is 11.8 Å². The fourth-order valence-electron chi connectivity index (χ4n) is 0.778. The van der Waals surface area contributed by atoms with Gasteiger partial charge in [-0.25, -0.2) is 0 Å². The van der Waals surface area contributed by atoms with Crippen molar-refractivity contribution < 1.29 is 0 Å². The summed E-state index contributed by atoms with van der Waals surface area (Å²) in [6.45, 7) is 3.45. The highest BCUT2D eigenvalue weighted by atomic mass is 32.2. The normalized spacial score (nSPS) is 14.3. The van der Waals surface area contributed by atoms with Crippen molar-refractivity contribution in [2.75, 3.05) is 26.9 Å². The van der Waals surface area contributed by atoms with E-state index in [1.165, 1.54) is 13.0 Å². The van der Waals surface area contributed by atoms with Crippen molar-refractivity contribution in [1.29, 1.82) is 0 Å². The van der Waals surface area contributed by atoms with E-state index >= 15 is 0 Å². The van der Waals surface area contributed by atoms with E-state index in [0.29, 0.717) is 0 Å². The van der Waals surface area contributed by atoms with Crippen LogP contribution >= 0.6 is 11.8 Å². The summed E-state index contributed by atoms with van der Waals surface area (Å²) in [6.07, 6.45) is 3.46. The van der Waals surface area contributed by atoms with Gasteiger partial charge >= 0.3 is 0 Å². The third-order valence-corrected chi connectivity index (χ3v) is 2.51. The summed E-state index contributed by atoms with van der Waals surface area (Å²) in [6, 6.07) is 0. The van der Waals surface area contributed by atoms with E-state index < -0.39 is 0 Å². The molecule has 0 aliphatic rings. The summed E-state index contributed by atoms with van der Waals surface area (Å²) in [7, 11) is 4.25. The molecule has 0 saturated carbocycles. The Balaban J connectivity index is 3.31. The number of hydrogen-bond donors (Lipinski definition) is 0. The second kappa shape index (κ2) is 5.12. The Hall–Kier alpha value is 0.310. The maximum absolute atomic E-state index is 2.24. The molecule has 0 rings (SSSR count). The predicted molar refractivity (Wildman–Crippen MR) is 46.1 cm³/mol. The van der Waals surface area contributed by atoms with Crippen LogP contribution in [-0.2, 0) is 0 Å². The molecule has 9 heavy (non-hydrogen) atoms. The van der Waals surface area contributed by atoms with E-state index in [-0.39, 0.29) is 0 Å². The van der Waals surface area contributed by atoms with E-state index in [1.54, 1.807) is 0 Å². The molecule has 0 aliphatic heterocycles. The second-order valence-electron chi connectivity index (χ2n) is 2.53. The van der Waals surface area contributed by atoms with Gasteiger partial charge < -0.3 is 4.90 Å². The number of rotatable bonds is 4. The molecule has 1 atom stereocenters. The zero-order valence-corrected chi connectivity index (χ0v) is 7.66. The Labute approximate surface area is 62.8 Å². The van der Waals surface area contributed by atoms with Gasteiger partial charge in [0, 0.05) is 11.8 Å². The smallest absolute Gasteiger partial charge is 0.0169 e. The third-order valence-electron chi connectivity index (χ3n) is 1.36. The fourth-order valence-corrected chi connectivity index (χ4v) is 1.56. The number of hydrogen-bond acceptors (Lipinski definition) is 2. The Kier molecular flexibility index (Phi) is 5.30. The topological polar surface area (TPSA) is 3.24 Å². The van der Waals surface area contributed by atoms with Gasteiger partial charge in [-0.1, -0.05) is 6.92 Å². The molecule has 0 amide bonds. The highest BCUT2D eigenvalue weighted by Gasteiger charge is 2.03. The van der Waals surface area contributed by atoms with E-state index in [0.717, 1.165) is 5.25 Å². The van der Waals surface area contributed by atoms with Gasteiger partial charge in [0.2, 0.25) is 0 Å². The van der Waals surface area contributed by atoms with Crippen molar-refractivity contribution in [2.24, 2.45) is 0 Å². The Bertz CT molecular complexity index is 59.9. The van der Waals surface area contributed by atoms with Gasteiger partial charge in [0.25, 0.3) is 0 Å². The van der Waals surface area contributed by atoms with Gasteiger partial charge in [-0.05, 0) is 26.8 Å². The summed E-state index contributed by atoms with van der Waals surface area (Å²) in [5.74, 6) is 0. The lowest BCUT2D eigenvalue weighted by Crippen LogP contribution is -2.22. The maximum Gasteiger partial charge on any atom is 0.0169 e. The third kappa shape index (κ3) is 4.79. The van der Waals surface area contributed by atoms with Crippen LogP contribution < -0.4 is 0 Å². The first-order valence-corrected chi connectivity index (χ1v) is 4.67. The molecule has 0 aromatic carbocycles. The van der Waals surface area contributed by atoms with Crippen LogP contribution in [0.15, 0.2) is 0 Å². The first-order chi connectivity index (χ1) is 4.20. The molecule has 0 aliphatic carbocycles. The molecule has 0 radical (unpaired) electrons. The first kappa shape index (κ1) is 9.31. The van der Waals surface area contributed by atoms with Crippen molar-refractivity contribution in [3.05, 3.63) is 0 Å². The zero-order valence-electron chi connectivity index (χ0n) is 6.85. The summed E-state index contributed by atoms with van der Waals surface area (Å²) < 4.78 is 0. The van der Waals surface area contributed by atoms with Gasteiger partial charge in [0.05, 0.1) is 0 Å². The van der Waals surface area contributed by atoms with E-state index in [4.69, 9.17) is 0 Å². The minimum Gasteiger partial charge on any atom is -0.308 e. The lowest BCUT2D eigenvalue weighted by molar-refractivity contribution is 0.404. The summed E-state index contributed by atoms with van der Waals surface area (Å²) in [4.78, 5) is 2.24. The van der Waals surface area contributed by atoms with Gasteiger partial charge in [-0.3, -0.25) is 0 Å². The Morgan fingerprint density at radius 2 is 2.00 bits per heavy atom. The monoisotopic (exact) mass is 147 g/mol. The average Bonchev–Trinajstić information content (AvgIpc) is 1.82. The zero-order chi connectivity index (χ0) is 7.28. The molecule has 0 fully saturated rings. The quantitative estimate of drug-likeness (QED) is 0.595. The molecular formula is C7H17NS. The molecule has 0 heterocycles. The predicted octanol–water partition coefficient (Wildman–Crippen LogP) is 1.69. The summed E-state index contributed by atoms with van der Waals surface area (Å²) >= 11 is 1.96. The molecule has 56 valence electrons. The van der Waals surface area contributed by atoms with Crippen LogP contribution in [0.3, 0.4) is 0 Å². The number of thioether (sulfide) groups is 1. The van der Waals surface area contributed by atoms with Crippen molar-refractivity contribution >= 4 is 11.8 Å². The molecule has 0 bridgehead atoms. The molecule has 0 spiro atoms. The minimum absolute atomic E-state index is 0.819. The first-order valence-electron chi connectivity index (χ1n) is 3.38. The molecule has 0 saturated heterocycles. The lowest BCUT2D eigenvalue weighted by Gasteiger charge is -2.16. The van der Waals surface area contributed by atoms with Crippen LogP contribution in [-0.4, -0.2) is 37.0 Å². The molecule has 0 aromatic heterocycles. The van der Waals surface area contributed by atoms with E-state index in [1.807, 2.05) is 11.8 Å². The molecule has 0 aromatic rings. The van der Waals surface area contributed by atoms with Crippen LogP contribution in [0.25, 0.3) is 0 Å². The standard InChI is InChI=1S/C7H17NS/c1-5-7(9-4)6-8(2)3/h7H,5-6H2,1-4H3/t7-/m1/s1. The van der Waals surface area contributed by atoms with Gasteiger partial charge in [0.1, 0.15) is 0 Å². The molecular weight excluding hydrogens is 130 g/mol. The second-order valence-corrected chi connectivity index (χ2v) is 3.67. The average molecular weight is 147 g/mol. The van der Waals surface area contributed by atoms with Crippen LogP contribution in [0.4, 0.5) is 0 Å². The maximum atomic E-state index is 2.24. The fraction of sp³-hybridized carbons (Fsp3) is 1.00. The van der Waals surface area contributed by atoms with Crippen LogP contribution in [0.5, 0.6) is 0 Å². The molecule has 0 unspecified atom stereocenters. The molecule has 2 heteroatoms. The minimum atomic E-state index is 0.819. The van der Waals surface area contributed by atoms with E-state index in [9.17, 15) is 0 Å². The Morgan fingerprint density at radius 3 is 2.11 bits per heavy atom. The van der Waals surface area contributed by atoms with Gasteiger partial charge in [0.15, 0.2) is 0 Å². The van der Waals surface area contributed by atoms with Crippen molar-refractivity contribution in [2.45, 2.75) is 18.6 Å². The van der Waals surface area contributed by atoms with Crippen molar-refractivity contribution in [3.63, 3.8) is 0 Å². The van der Waals surface area contributed by atoms with Crippen LogP contribution in [0, 0.1) is 0 Å². The van der Waals surface area contributed by atoms with Gasteiger partial charge in [-0.15, -0.1) is 0 Å². The van der Waals surface area contributed by atoms with Crippen molar-refractivity contribution in [3.8, 4) is 0 Å². The van der Waals surface area contributed by atoms with Crippen LogP contribution in [0.1, 0.15) is 13.3 Å². The molecule has 1 nitrogen and oxygen atoms in total. The van der Waals surface area contributed by atoms with Crippen LogP contribution in [0.2, 0.25) is 0 Å². The number of nitrogens with zero attached hydrogens (tertiary/aromatic N) is 1. The van der Waals surface area contributed by atoms with E-state index in [2.05, 4.69) is 32.2 Å². The SMILES string of the molecule is CC[C@H](CN(C)C)SC. The summed E-state index contributed by atoms with van der Waals surface area (Å²) in [5.41, 5.74) is 0. The highest BCUT2D eigenvalue weighted by molar-refractivity contribution is 7.99. The van der Waals surface area contributed by atoms with Crippen molar-refractivity contribution in [1.82, 2.24) is 4.90 Å². The Morgan fingerprint density at radius 1 is 1.44 bits per heavy atom. The highest BCUT2D eigenvalue weighted by Crippen LogP contribution is 2.10. The largest absolute Gasteiger partial charge is 0.308 e. The lowest BCUT2D eigenvalue weighted by atomic mass is 10.3. The summed E-state index contributed by atoms with van der Waals surface area (Å²) in [5, 5.41) is 0.819. The molecule has 0 N–H and O–H groups in total.